The van der Waals surface area contributed by atoms with Crippen LogP contribution in [0.25, 0.3) is 0 Å². The van der Waals surface area contributed by atoms with Crippen molar-refractivity contribution < 1.29 is 4.79 Å². The maximum Gasteiger partial charge on any atom is 0.215 e. The van der Waals surface area contributed by atoms with Crippen molar-refractivity contribution >= 4 is 34.7 Å². The van der Waals surface area contributed by atoms with Crippen LogP contribution in [-0.2, 0) is 0 Å². The van der Waals surface area contributed by atoms with Crippen LogP contribution in [0.2, 0.25) is 10.2 Å². The van der Waals surface area contributed by atoms with Crippen molar-refractivity contribution in [3.63, 3.8) is 0 Å². The van der Waals surface area contributed by atoms with E-state index in [4.69, 9.17) is 23.2 Å². The first-order valence-corrected chi connectivity index (χ1v) is 6.97. The van der Waals surface area contributed by atoms with Crippen molar-refractivity contribution in [1.29, 1.82) is 0 Å². The van der Waals surface area contributed by atoms with Crippen molar-refractivity contribution in [2.75, 3.05) is 5.32 Å². The predicted molar refractivity (Wildman–Crippen MR) is 82.9 cm³/mol. The number of nitrogens with zero attached hydrogens (tertiary/aromatic N) is 1. The third kappa shape index (κ3) is 3.30. The molecule has 1 aromatic carbocycles. The highest BCUT2D eigenvalue weighted by Crippen LogP contribution is 2.24. The molecule has 1 N–H and O–H groups in total. The van der Waals surface area contributed by atoms with Crippen molar-refractivity contribution in [1.82, 2.24) is 4.98 Å². The molecule has 0 spiro atoms. The van der Waals surface area contributed by atoms with E-state index in [1.807, 2.05) is 13.8 Å². The summed E-state index contributed by atoms with van der Waals surface area (Å²) in [7, 11) is 0. The SMILES string of the molecule is CC(C)Nc1ccc(Cl)nc1C(=O)c1ccccc1Cl. The van der Waals surface area contributed by atoms with Gasteiger partial charge in [-0.15, -0.1) is 0 Å². The first kappa shape index (κ1) is 14.8. The molecular weight excluding hydrogens is 295 g/mol. The number of carbonyl (C=O) groups is 1. The summed E-state index contributed by atoms with van der Waals surface area (Å²) < 4.78 is 0. The molecule has 20 heavy (non-hydrogen) atoms. The lowest BCUT2D eigenvalue weighted by Crippen LogP contribution is -2.15. The van der Waals surface area contributed by atoms with E-state index in [1.165, 1.54) is 0 Å². The van der Waals surface area contributed by atoms with E-state index in [-0.39, 0.29) is 22.7 Å². The van der Waals surface area contributed by atoms with Gasteiger partial charge in [0.05, 0.1) is 10.7 Å². The Balaban J connectivity index is 2.48. The highest BCUT2D eigenvalue weighted by Gasteiger charge is 2.18. The zero-order valence-electron chi connectivity index (χ0n) is 11.2. The highest BCUT2D eigenvalue weighted by atomic mass is 35.5. The Morgan fingerprint density at radius 1 is 1.15 bits per heavy atom. The van der Waals surface area contributed by atoms with Gasteiger partial charge in [0.2, 0.25) is 5.78 Å². The van der Waals surface area contributed by atoms with Crippen LogP contribution in [0, 0.1) is 0 Å². The summed E-state index contributed by atoms with van der Waals surface area (Å²) in [5.74, 6) is -0.249. The Hall–Kier alpha value is -1.58. The number of halogens is 2. The number of hydrogen-bond acceptors (Lipinski definition) is 3. The van der Waals surface area contributed by atoms with Crippen LogP contribution in [0.15, 0.2) is 36.4 Å². The van der Waals surface area contributed by atoms with Crippen LogP contribution in [0.5, 0.6) is 0 Å². The van der Waals surface area contributed by atoms with E-state index in [1.54, 1.807) is 36.4 Å². The molecule has 1 heterocycles. The molecule has 104 valence electrons. The zero-order valence-corrected chi connectivity index (χ0v) is 12.7. The fraction of sp³-hybridized carbons (Fsp3) is 0.200. The molecule has 0 aliphatic carbocycles. The Labute approximate surface area is 127 Å². The fourth-order valence-electron chi connectivity index (χ4n) is 1.81. The summed E-state index contributed by atoms with van der Waals surface area (Å²) in [4.78, 5) is 16.7. The van der Waals surface area contributed by atoms with Crippen LogP contribution in [0.4, 0.5) is 5.69 Å². The minimum Gasteiger partial charge on any atom is -0.381 e. The van der Waals surface area contributed by atoms with Crippen LogP contribution in [0.3, 0.4) is 0 Å². The molecule has 0 unspecified atom stereocenters. The van der Waals surface area contributed by atoms with Gasteiger partial charge in [-0.1, -0.05) is 35.3 Å². The largest absolute Gasteiger partial charge is 0.381 e. The Bertz CT molecular complexity index is 642. The second-order valence-corrected chi connectivity index (χ2v) is 5.43. The molecule has 2 aromatic rings. The first-order chi connectivity index (χ1) is 9.49. The predicted octanol–water partition coefficient (Wildman–Crippen LogP) is 4.44. The topological polar surface area (TPSA) is 42.0 Å². The molecule has 5 heteroatoms. The summed E-state index contributed by atoms with van der Waals surface area (Å²) in [5.41, 5.74) is 1.34. The van der Waals surface area contributed by atoms with Gasteiger partial charge in [-0.2, -0.15) is 0 Å². The average Bonchev–Trinajstić information content (AvgIpc) is 2.40. The Kier molecular flexibility index (Phi) is 4.63. The maximum absolute atomic E-state index is 12.6. The molecule has 0 atom stereocenters. The monoisotopic (exact) mass is 308 g/mol. The van der Waals surface area contributed by atoms with Crippen molar-refractivity contribution in [3.8, 4) is 0 Å². The average molecular weight is 309 g/mol. The molecule has 2 rings (SSSR count). The van der Waals surface area contributed by atoms with Gasteiger partial charge in [-0.3, -0.25) is 4.79 Å². The van der Waals surface area contributed by atoms with Crippen LogP contribution in [0.1, 0.15) is 29.9 Å². The van der Waals surface area contributed by atoms with E-state index < -0.39 is 0 Å². The highest BCUT2D eigenvalue weighted by molar-refractivity contribution is 6.35. The summed E-state index contributed by atoms with van der Waals surface area (Å²) in [6.45, 7) is 3.97. The number of benzene rings is 1. The number of aromatic nitrogens is 1. The van der Waals surface area contributed by atoms with Gasteiger partial charge in [0.1, 0.15) is 10.8 Å². The third-order valence-electron chi connectivity index (χ3n) is 2.64. The Morgan fingerprint density at radius 2 is 1.85 bits per heavy atom. The van der Waals surface area contributed by atoms with Crippen molar-refractivity contribution in [2.24, 2.45) is 0 Å². The molecule has 0 aliphatic rings. The van der Waals surface area contributed by atoms with E-state index in [2.05, 4.69) is 10.3 Å². The molecule has 0 saturated carbocycles. The van der Waals surface area contributed by atoms with Crippen molar-refractivity contribution in [3.05, 3.63) is 57.8 Å². The minimum atomic E-state index is -0.249. The number of nitrogens with one attached hydrogen (secondary N) is 1. The number of carbonyl (C=O) groups excluding carboxylic acids is 1. The molecule has 0 fully saturated rings. The number of pyridine rings is 1. The molecular formula is C15H14Cl2N2O. The molecule has 0 amide bonds. The standard InChI is InChI=1S/C15H14Cl2N2O/c1-9(2)18-12-7-8-13(17)19-14(12)15(20)10-5-3-4-6-11(10)16/h3-9,18H,1-2H3. The molecule has 0 bridgehead atoms. The van der Waals surface area contributed by atoms with Crippen LogP contribution < -0.4 is 5.32 Å². The molecule has 0 aliphatic heterocycles. The first-order valence-electron chi connectivity index (χ1n) is 6.21. The molecule has 3 nitrogen and oxygen atoms in total. The van der Waals surface area contributed by atoms with Gasteiger partial charge in [-0.05, 0) is 38.1 Å². The number of anilines is 1. The minimum absolute atomic E-state index is 0.177. The zero-order chi connectivity index (χ0) is 14.7. The van der Waals surface area contributed by atoms with Crippen LogP contribution >= 0.6 is 23.2 Å². The quantitative estimate of drug-likeness (QED) is 0.670. The summed E-state index contributed by atoms with van der Waals surface area (Å²) in [5, 5.41) is 3.86. The molecule has 0 saturated heterocycles. The lowest BCUT2D eigenvalue weighted by atomic mass is 10.1. The van der Waals surface area contributed by atoms with Gasteiger partial charge in [0.25, 0.3) is 0 Å². The van der Waals surface area contributed by atoms with Gasteiger partial charge in [0.15, 0.2) is 0 Å². The number of rotatable bonds is 4. The second kappa shape index (κ2) is 6.25. The van der Waals surface area contributed by atoms with Gasteiger partial charge < -0.3 is 5.32 Å². The summed E-state index contributed by atoms with van der Waals surface area (Å²) >= 11 is 12.0. The van der Waals surface area contributed by atoms with E-state index in [0.29, 0.717) is 16.3 Å². The third-order valence-corrected chi connectivity index (χ3v) is 3.18. The normalized spacial score (nSPS) is 10.7. The van der Waals surface area contributed by atoms with Gasteiger partial charge in [0, 0.05) is 11.6 Å². The summed E-state index contributed by atoms with van der Waals surface area (Å²) in [6, 6.07) is 10.5. The van der Waals surface area contributed by atoms with Crippen molar-refractivity contribution in [2.45, 2.75) is 19.9 Å². The summed E-state index contributed by atoms with van der Waals surface area (Å²) in [6.07, 6.45) is 0. The second-order valence-electron chi connectivity index (χ2n) is 4.64. The van der Waals surface area contributed by atoms with E-state index in [9.17, 15) is 4.79 Å². The Morgan fingerprint density at radius 3 is 2.50 bits per heavy atom. The van der Waals surface area contributed by atoms with E-state index in [0.717, 1.165) is 0 Å². The lowest BCUT2D eigenvalue weighted by Gasteiger charge is -2.14. The van der Waals surface area contributed by atoms with E-state index >= 15 is 0 Å². The van der Waals surface area contributed by atoms with Gasteiger partial charge in [-0.25, -0.2) is 4.98 Å². The maximum atomic E-state index is 12.6. The molecule has 0 radical (unpaired) electrons. The fourth-order valence-corrected chi connectivity index (χ4v) is 2.18. The lowest BCUT2D eigenvalue weighted by molar-refractivity contribution is 0.103. The molecule has 1 aromatic heterocycles. The van der Waals surface area contributed by atoms with Gasteiger partial charge >= 0.3 is 0 Å². The number of hydrogen-bond donors (Lipinski definition) is 1. The number of ketones is 1. The van der Waals surface area contributed by atoms with Crippen LogP contribution in [-0.4, -0.2) is 16.8 Å². The smallest absolute Gasteiger partial charge is 0.215 e.